The van der Waals surface area contributed by atoms with Gasteiger partial charge >= 0.3 is 0 Å². The molecule has 1 amide bonds. The number of hydrogen-bond acceptors (Lipinski definition) is 7. The minimum atomic E-state index is -4.20. The van der Waals surface area contributed by atoms with Gasteiger partial charge in [0.2, 0.25) is 5.91 Å². The zero-order chi connectivity index (χ0) is 21.1. The molecule has 0 aliphatic carbocycles. The largest absolute Gasteiger partial charge is 0.495 e. The van der Waals surface area contributed by atoms with Gasteiger partial charge in [0.1, 0.15) is 22.3 Å². The molecule has 0 fully saturated rings. The van der Waals surface area contributed by atoms with Crippen LogP contribution in [0.2, 0.25) is 0 Å². The van der Waals surface area contributed by atoms with Crippen LogP contribution in [0.5, 0.6) is 5.75 Å². The molecule has 0 saturated carbocycles. The number of carbonyl (C=O) groups is 1. The maximum absolute atomic E-state index is 12.9. The molecular formula is C17H16N4O6S. The van der Waals surface area contributed by atoms with Gasteiger partial charge in [-0.3, -0.25) is 19.6 Å². The Kier molecular flexibility index (Phi) is 5.85. The first-order chi connectivity index (χ1) is 13.1. The number of aryl methyl sites for hydroxylation is 1. The Balaban J connectivity index is 2.54. The SMILES string of the molecule is COc1ccc(NC(C)=O)cc1S(=O)(=O)Nc1cc(C#N)c([N+](=O)[O-])cc1C. The van der Waals surface area contributed by atoms with Crippen LogP contribution in [0.25, 0.3) is 0 Å². The number of methoxy groups -OCH3 is 1. The van der Waals surface area contributed by atoms with Crippen LogP contribution in [-0.2, 0) is 14.8 Å². The van der Waals surface area contributed by atoms with Gasteiger partial charge in [0.05, 0.1) is 17.7 Å². The molecule has 2 aromatic rings. The number of nitrogens with zero attached hydrogens (tertiary/aromatic N) is 2. The highest BCUT2D eigenvalue weighted by Gasteiger charge is 2.24. The Morgan fingerprint density at radius 3 is 2.50 bits per heavy atom. The van der Waals surface area contributed by atoms with Gasteiger partial charge in [-0.15, -0.1) is 0 Å². The van der Waals surface area contributed by atoms with E-state index in [1.54, 1.807) is 6.07 Å². The van der Waals surface area contributed by atoms with Gasteiger partial charge in [0.15, 0.2) is 0 Å². The summed E-state index contributed by atoms with van der Waals surface area (Å²) in [6, 6.07) is 7.95. The summed E-state index contributed by atoms with van der Waals surface area (Å²) in [6.45, 7) is 2.75. The molecule has 2 rings (SSSR count). The molecule has 0 aromatic heterocycles. The standard InChI is InChI=1S/C17H16N4O6S/c1-10-6-15(21(23)24)12(9-18)7-14(10)20-28(25,26)17-8-13(19-11(2)22)4-5-16(17)27-3/h4-8,20H,1-3H3,(H,19,22). The zero-order valence-corrected chi connectivity index (χ0v) is 16.0. The lowest BCUT2D eigenvalue weighted by molar-refractivity contribution is -0.385. The molecule has 0 bridgehead atoms. The summed E-state index contributed by atoms with van der Waals surface area (Å²) in [5.74, 6) is -0.354. The van der Waals surface area contributed by atoms with Crippen molar-refractivity contribution < 1.29 is 22.9 Å². The normalized spacial score (nSPS) is 10.6. The van der Waals surface area contributed by atoms with Crippen molar-refractivity contribution in [2.24, 2.45) is 0 Å². The lowest BCUT2D eigenvalue weighted by Crippen LogP contribution is -2.16. The van der Waals surface area contributed by atoms with E-state index in [2.05, 4.69) is 10.0 Å². The van der Waals surface area contributed by atoms with E-state index >= 15 is 0 Å². The average molecular weight is 404 g/mol. The summed E-state index contributed by atoms with van der Waals surface area (Å²) in [6.07, 6.45) is 0. The number of carbonyl (C=O) groups excluding carboxylic acids is 1. The highest BCUT2D eigenvalue weighted by atomic mass is 32.2. The summed E-state index contributed by atoms with van der Waals surface area (Å²) in [7, 11) is -2.91. The summed E-state index contributed by atoms with van der Waals surface area (Å²) < 4.78 is 33.1. The van der Waals surface area contributed by atoms with E-state index in [0.717, 1.165) is 12.1 Å². The van der Waals surface area contributed by atoms with E-state index in [-0.39, 0.29) is 39.1 Å². The van der Waals surface area contributed by atoms with Gasteiger partial charge in [-0.25, -0.2) is 8.42 Å². The quantitative estimate of drug-likeness (QED) is 0.554. The fourth-order valence-electron chi connectivity index (χ4n) is 2.41. The van der Waals surface area contributed by atoms with Crippen LogP contribution in [-0.4, -0.2) is 26.4 Å². The van der Waals surface area contributed by atoms with Crippen LogP contribution < -0.4 is 14.8 Å². The van der Waals surface area contributed by atoms with Gasteiger partial charge in [-0.05, 0) is 36.8 Å². The molecule has 0 aliphatic heterocycles. The Morgan fingerprint density at radius 2 is 1.96 bits per heavy atom. The Labute approximate surface area is 160 Å². The molecule has 0 aliphatic rings. The van der Waals surface area contributed by atoms with E-state index in [9.17, 15) is 23.3 Å². The van der Waals surface area contributed by atoms with Crippen molar-refractivity contribution in [2.45, 2.75) is 18.7 Å². The molecule has 0 spiro atoms. The second-order valence-corrected chi connectivity index (χ2v) is 7.36. The number of rotatable bonds is 6. The first kappa shape index (κ1) is 20.7. The van der Waals surface area contributed by atoms with Crippen molar-refractivity contribution in [3.05, 3.63) is 51.6 Å². The second-order valence-electron chi connectivity index (χ2n) is 5.71. The van der Waals surface area contributed by atoms with Crippen molar-refractivity contribution in [3.8, 4) is 11.8 Å². The summed E-state index contributed by atoms with van der Waals surface area (Å²) in [4.78, 5) is 21.3. The fourth-order valence-corrected chi connectivity index (χ4v) is 3.73. The number of amides is 1. The van der Waals surface area contributed by atoms with Crippen LogP contribution in [0.15, 0.2) is 35.2 Å². The molecule has 2 aromatic carbocycles. The van der Waals surface area contributed by atoms with Crippen LogP contribution in [0.1, 0.15) is 18.1 Å². The average Bonchev–Trinajstić information content (AvgIpc) is 2.62. The van der Waals surface area contributed by atoms with E-state index < -0.39 is 20.6 Å². The summed E-state index contributed by atoms with van der Waals surface area (Å²) >= 11 is 0. The lowest BCUT2D eigenvalue weighted by Gasteiger charge is -2.15. The highest BCUT2D eigenvalue weighted by molar-refractivity contribution is 7.92. The van der Waals surface area contributed by atoms with Crippen molar-refractivity contribution in [1.82, 2.24) is 0 Å². The van der Waals surface area contributed by atoms with Gasteiger partial charge in [0, 0.05) is 18.7 Å². The number of nitriles is 1. The molecule has 10 nitrogen and oxygen atoms in total. The third-order valence-corrected chi connectivity index (χ3v) is 5.06. The molecule has 0 saturated heterocycles. The van der Waals surface area contributed by atoms with Gasteiger partial charge in [-0.1, -0.05) is 0 Å². The van der Waals surface area contributed by atoms with Gasteiger partial charge in [0.25, 0.3) is 15.7 Å². The lowest BCUT2D eigenvalue weighted by atomic mass is 10.1. The third kappa shape index (κ3) is 4.36. The topological polar surface area (TPSA) is 151 Å². The van der Waals surface area contributed by atoms with Gasteiger partial charge in [-0.2, -0.15) is 5.26 Å². The maximum atomic E-state index is 12.9. The first-order valence-electron chi connectivity index (χ1n) is 7.76. The van der Waals surface area contributed by atoms with Crippen molar-refractivity contribution in [1.29, 1.82) is 5.26 Å². The molecule has 146 valence electrons. The molecular weight excluding hydrogens is 388 g/mol. The van der Waals surface area contributed by atoms with Crippen LogP contribution in [0, 0.1) is 28.4 Å². The Hall–Kier alpha value is -3.65. The molecule has 0 radical (unpaired) electrons. The highest BCUT2D eigenvalue weighted by Crippen LogP contribution is 2.31. The Morgan fingerprint density at radius 1 is 1.29 bits per heavy atom. The second kappa shape index (κ2) is 7.93. The number of anilines is 2. The molecule has 0 atom stereocenters. The predicted octanol–water partition coefficient (Wildman–Crippen LogP) is 2.54. The zero-order valence-electron chi connectivity index (χ0n) is 15.1. The monoisotopic (exact) mass is 404 g/mol. The minimum absolute atomic E-state index is 0.00846. The fraction of sp³-hybridized carbons (Fsp3) is 0.176. The number of benzene rings is 2. The molecule has 0 unspecified atom stereocenters. The van der Waals surface area contributed by atoms with Crippen molar-refractivity contribution in [3.63, 3.8) is 0 Å². The third-order valence-electron chi connectivity index (χ3n) is 3.68. The number of nitro benzene ring substituents is 1. The van der Waals surface area contributed by atoms with E-state index in [4.69, 9.17) is 10.00 Å². The smallest absolute Gasteiger partial charge is 0.287 e. The summed E-state index contributed by atoms with van der Waals surface area (Å²) in [5, 5.41) is 22.6. The maximum Gasteiger partial charge on any atom is 0.287 e. The van der Waals surface area contributed by atoms with Gasteiger partial charge < -0.3 is 10.1 Å². The first-order valence-corrected chi connectivity index (χ1v) is 9.25. The van der Waals surface area contributed by atoms with Crippen molar-refractivity contribution in [2.75, 3.05) is 17.1 Å². The number of ether oxygens (including phenoxy) is 1. The minimum Gasteiger partial charge on any atom is -0.495 e. The molecule has 0 heterocycles. The van der Waals surface area contributed by atoms with E-state index in [1.165, 1.54) is 39.2 Å². The van der Waals surface area contributed by atoms with Crippen LogP contribution >= 0.6 is 0 Å². The molecule has 2 N–H and O–H groups in total. The number of sulfonamides is 1. The van der Waals surface area contributed by atoms with Crippen molar-refractivity contribution >= 4 is 33.0 Å². The predicted molar refractivity (Wildman–Crippen MR) is 101 cm³/mol. The number of nitrogens with one attached hydrogen (secondary N) is 2. The van der Waals surface area contributed by atoms with Crippen LogP contribution in [0.4, 0.5) is 17.1 Å². The number of hydrogen-bond donors (Lipinski definition) is 2. The Bertz CT molecular complexity index is 1110. The van der Waals surface area contributed by atoms with E-state index in [1.807, 2.05) is 0 Å². The number of nitro groups is 1. The molecule has 28 heavy (non-hydrogen) atoms. The molecule has 11 heteroatoms. The summed E-state index contributed by atoms with van der Waals surface area (Å²) in [5.41, 5.74) is -0.201. The van der Waals surface area contributed by atoms with Crippen LogP contribution in [0.3, 0.4) is 0 Å². The van der Waals surface area contributed by atoms with E-state index in [0.29, 0.717) is 0 Å².